The third-order valence-corrected chi connectivity index (χ3v) is 5.93. The molecule has 0 atom stereocenters. The van der Waals surface area contributed by atoms with Crippen LogP contribution in [0.5, 0.6) is 5.75 Å². The van der Waals surface area contributed by atoms with Gasteiger partial charge in [0.15, 0.2) is 0 Å². The van der Waals surface area contributed by atoms with Gasteiger partial charge in [0.2, 0.25) is 0 Å². The zero-order valence-electron chi connectivity index (χ0n) is 14.8. The molecule has 1 heteroatoms. The van der Waals surface area contributed by atoms with Crippen molar-refractivity contribution >= 4 is 32.3 Å². The fourth-order valence-corrected chi connectivity index (χ4v) is 4.53. The molecule has 124 valence electrons. The molecule has 0 radical (unpaired) electrons. The van der Waals surface area contributed by atoms with Crippen LogP contribution in [-0.2, 0) is 12.8 Å². The van der Waals surface area contributed by atoms with E-state index in [1.807, 2.05) is 12.1 Å². The molecule has 4 aromatic carbocycles. The monoisotopic (exact) mass is 326 g/mol. The molecule has 5 rings (SSSR count). The van der Waals surface area contributed by atoms with Crippen LogP contribution >= 0.6 is 0 Å². The smallest absolute Gasteiger partial charge is 0.116 e. The van der Waals surface area contributed by atoms with Crippen LogP contribution in [-0.4, -0.2) is 5.11 Å². The van der Waals surface area contributed by atoms with Crippen LogP contribution in [0.2, 0.25) is 0 Å². The molecule has 0 unspecified atom stereocenters. The summed E-state index contributed by atoms with van der Waals surface area (Å²) in [6.07, 6.45) is 3.60. The minimum Gasteiger partial charge on any atom is -0.508 e. The number of aromatic hydroxyl groups is 1. The SMILES string of the molecule is CC1(C)CCc2ccc3c(ccc4c5cc(O)ccc5ccc34)c2C1. The van der Waals surface area contributed by atoms with E-state index in [-0.39, 0.29) is 0 Å². The lowest BCUT2D eigenvalue weighted by molar-refractivity contribution is 0.317. The van der Waals surface area contributed by atoms with E-state index in [9.17, 15) is 5.11 Å². The van der Waals surface area contributed by atoms with E-state index < -0.39 is 0 Å². The van der Waals surface area contributed by atoms with Crippen LogP contribution in [0.15, 0.2) is 54.6 Å². The van der Waals surface area contributed by atoms with E-state index in [1.54, 1.807) is 6.07 Å². The summed E-state index contributed by atoms with van der Waals surface area (Å²) >= 11 is 0. The van der Waals surface area contributed by atoms with E-state index in [2.05, 4.69) is 50.2 Å². The molecule has 0 heterocycles. The molecule has 0 amide bonds. The standard InChI is InChI=1S/C24H22O/c1-24(2)12-11-16-5-8-19-18-7-4-15-3-6-17(25)13-22(15)20(18)9-10-21(19)23(16)14-24/h3-10,13,25H,11-12,14H2,1-2H3. The summed E-state index contributed by atoms with van der Waals surface area (Å²) in [6.45, 7) is 4.76. The lowest BCUT2D eigenvalue weighted by Crippen LogP contribution is -2.22. The first-order valence-electron chi connectivity index (χ1n) is 9.11. The number of hydrogen-bond acceptors (Lipinski definition) is 1. The molecular weight excluding hydrogens is 304 g/mol. The van der Waals surface area contributed by atoms with Gasteiger partial charge in [0.05, 0.1) is 0 Å². The predicted molar refractivity (Wildman–Crippen MR) is 106 cm³/mol. The molecule has 0 bridgehead atoms. The first-order chi connectivity index (χ1) is 12.0. The Labute approximate surface area is 147 Å². The van der Waals surface area contributed by atoms with Crippen molar-refractivity contribution in [1.29, 1.82) is 0 Å². The van der Waals surface area contributed by atoms with Gasteiger partial charge in [0.1, 0.15) is 5.75 Å². The second kappa shape index (κ2) is 4.98. The van der Waals surface area contributed by atoms with E-state index >= 15 is 0 Å². The highest BCUT2D eigenvalue weighted by atomic mass is 16.3. The van der Waals surface area contributed by atoms with Crippen molar-refractivity contribution in [3.8, 4) is 5.75 Å². The van der Waals surface area contributed by atoms with Gasteiger partial charge in [-0.25, -0.2) is 0 Å². The van der Waals surface area contributed by atoms with Gasteiger partial charge in [-0.2, -0.15) is 0 Å². The number of hydrogen-bond donors (Lipinski definition) is 1. The summed E-state index contributed by atoms with van der Waals surface area (Å²) in [4.78, 5) is 0. The molecule has 1 nitrogen and oxygen atoms in total. The average Bonchev–Trinajstić information content (AvgIpc) is 2.60. The van der Waals surface area contributed by atoms with Gasteiger partial charge in [-0.15, -0.1) is 0 Å². The van der Waals surface area contributed by atoms with Crippen LogP contribution < -0.4 is 0 Å². The largest absolute Gasteiger partial charge is 0.508 e. The second-order valence-electron chi connectivity index (χ2n) is 8.27. The average molecular weight is 326 g/mol. The zero-order chi connectivity index (χ0) is 17.2. The lowest BCUT2D eigenvalue weighted by atomic mass is 9.73. The van der Waals surface area contributed by atoms with Crippen LogP contribution in [0.1, 0.15) is 31.4 Å². The Morgan fingerprint density at radius 1 is 0.760 bits per heavy atom. The third kappa shape index (κ3) is 2.22. The Hall–Kier alpha value is -2.54. The van der Waals surface area contributed by atoms with Gasteiger partial charge in [-0.05, 0) is 80.3 Å². The third-order valence-electron chi connectivity index (χ3n) is 5.93. The van der Waals surface area contributed by atoms with Gasteiger partial charge in [-0.3, -0.25) is 0 Å². The molecule has 1 N–H and O–H groups in total. The number of fused-ring (bicyclic) bond motifs is 7. The molecule has 0 spiro atoms. The summed E-state index contributed by atoms with van der Waals surface area (Å²) in [5.41, 5.74) is 3.43. The first-order valence-corrected chi connectivity index (χ1v) is 9.11. The Balaban J connectivity index is 1.87. The van der Waals surface area contributed by atoms with Gasteiger partial charge in [0.25, 0.3) is 0 Å². The summed E-state index contributed by atoms with van der Waals surface area (Å²) in [6, 6.07) is 19.2. The van der Waals surface area contributed by atoms with Crippen LogP contribution in [0.25, 0.3) is 32.3 Å². The molecular formula is C24H22O. The molecule has 25 heavy (non-hydrogen) atoms. The van der Waals surface area contributed by atoms with E-state index in [0.717, 1.165) is 11.8 Å². The minimum absolute atomic E-state index is 0.326. The van der Waals surface area contributed by atoms with Crippen LogP contribution in [0, 0.1) is 5.41 Å². The van der Waals surface area contributed by atoms with Gasteiger partial charge < -0.3 is 5.11 Å². The zero-order valence-corrected chi connectivity index (χ0v) is 14.8. The summed E-state index contributed by atoms with van der Waals surface area (Å²) < 4.78 is 0. The van der Waals surface area contributed by atoms with Crippen LogP contribution in [0.4, 0.5) is 0 Å². The normalized spacial score (nSPS) is 16.4. The van der Waals surface area contributed by atoms with Crippen molar-refractivity contribution in [1.82, 2.24) is 0 Å². The highest BCUT2D eigenvalue weighted by molar-refractivity contribution is 6.18. The number of rotatable bonds is 0. The molecule has 0 saturated heterocycles. The first kappa shape index (κ1) is 14.8. The topological polar surface area (TPSA) is 20.2 Å². The number of aryl methyl sites for hydroxylation is 1. The van der Waals surface area contributed by atoms with Crippen molar-refractivity contribution in [2.24, 2.45) is 5.41 Å². The highest BCUT2D eigenvalue weighted by Crippen LogP contribution is 2.40. The number of phenols is 1. The van der Waals surface area contributed by atoms with Crippen molar-refractivity contribution in [3.05, 3.63) is 65.7 Å². The molecule has 1 aliphatic rings. The maximum absolute atomic E-state index is 9.92. The van der Waals surface area contributed by atoms with Gasteiger partial charge in [0, 0.05) is 0 Å². The molecule has 0 fully saturated rings. The van der Waals surface area contributed by atoms with Gasteiger partial charge >= 0.3 is 0 Å². The maximum Gasteiger partial charge on any atom is 0.116 e. The summed E-state index contributed by atoms with van der Waals surface area (Å²) in [5, 5.41) is 17.4. The highest BCUT2D eigenvalue weighted by Gasteiger charge is 2.26. The molecule has 0 aliphatic heterocycles. The number of benzene rings is 4. The molecule has 4 aromatic rings. The summed E-state index contributed by atoms with van der Waals surface area (Å²) in [7, 11) is 0. The Bertz CT molecular complexity index is 1150. The second-order valence-corrected chi connectivity index (χ2v) is 8.27. The van der Waals surface area contributed by atoms with E-state index in [1.165, 1.54) is 50.9 Å². The summed E-state index contributed by atoms with van der Waals surface area (Å²) in [5.74, 6) is 0.326. The predicted octanol–water partition coefficient (Wildman–Crippen LogP) is 6.37. The van der Waals surface area contributed by atoms with E-state index in [4.69, 9.17) is 0 Å². The van der Waals surface area contributed by atoms with Gasteiger partial charge in [-0.1, -0.05) is 56.3 Å². The fraction of sp³-hybridized carbons (Fsp3) is 0.250. The Morgan fingerprint density at radius 3 is 2.28 bits per heavy atom. The Morgan fingerprint density at radius 2 is 1.40 bits per heavy atom. The van der Waals surface area contributed by atoms with E-state index in [0.29, 0.717) is 11.2 Å². The van der Waals surface area contributed by atoms with Crippen molar-refractivity contribution in [2.75, 3.05) is 0 Å². The van der Waals surface area contributed by atoms with Crippen molar-refractivity contribution in [3.63, 3.8) is 0 Å². The Kier molecular flexibility index (Phi) is 2.94. The minimum atomic E-state index is 0.326. The quantitative estimate of drug-likeness (QED) is 0.372. The lowest BCUT2D eigenvalue weighted by Gasteiger charge is -2.32. The maximum atomic E-state index is 9.92. The van der Waals surface area contributed by atoms with Crippen molar-refractivity contribution < 1.29 is 5.11 Å². The molecule has 0 aromatic heterocycles. The number of phenolic OH excluding ortho intramolecular Hbond substituents is 1. The molecule has 0 saturated carbocycles. The molecule has 1 aliphatic carbocycles. The van der Waals surface area contributed by atoms with Crippen molar-refractivity contribution in [2.45, 2.75) is 33.1 Å². The van der Waals surface area contributed by atoms with Crippen LogP contribution in [0.3, 0.4) is 0 Å². The fourth-order valence-electron chi connectivity index (χ4n) is 4.53.